The molecule has 1 aliphatic rings. The minimum absolute atomic E-state index is 0.0173. The van der Waals surface area contributed by atoms with Crippen LogP contribution < -0.4 is 16.0 Å². The van der Waals surface area contributed by atoms with E-state index in [1.165, 1.54) is 0 Å². The number of amides is 2. The number of anilines is 1. The molecule has 144 valence electrons. The van der Waals surface area contributed by atoms with Gasteiger partial charge < -0.3 is 25.6 Å². The lowest BCUT2D eigenvalue weighted by atomic mass is 10.2. The van der Waals surface area contributed by atoms with Crippen molar-refractivity contribution in [2.24, 2.45) is 4.99 Å². The van der Waals surface area contributed by atoms with E-state index in [4.69, 9.17) is 4.74 Å². The van der Waals surface area contributed by atoms with Crippen LogP contribution in [0.4, 0.5) is 10.5 Å². The van der Waals surface area contributed by atoms with Crippen LogP contribution in [-0.2, 0) is 11.3 Å². The average Bonchev–Trinajstić information content (AvgIpc) is 3.18. The van der Waals surface area contributed by atoms with Gasteiger partial charge >= 0.3 is 6.03 Å². The van der Waals surface area contributed by atoms with Crippen molar-refractivity contribution in [1.29, 1.82) is 0 Å². The molecule has 1 saturated heterocycles. The third-order valence-electron chi connectivity index (χ3n) is 4.15. The van der Waals surface area contributed by atoms with Gasteiger partial charge in [-0.1, -0.05) is 12.1 Å². The summed E-state index contributed by atoms with van der Waals surface area (Å²) in [4.78, 5) is 18.7. The second-order valence-electron chi connectivity index (χ2n) is 6.29. The fourth-order valence-corrected chi connectivity index (χ4v) is 2.81. The van der Waals surface area contributed by atoms with Crippen molar-refractivity contribution in [2.75, 3.05) is 45.2 Å². The number of methoxy groups -OCH3 is 1. The molecule has 0 radical (unpaired) electrons. The van der Waals surface area contributed by atoms with Gasteiger partial charge in [0, 0.05) is 45.6 Å². The lowest BCUT2D eigenvalue weighted by Gasteiger charge is -2.16. The van der Waals surface area contributed by atoms with Gasteiger partial charge in [-0.3, -0.25) is 0 Å². The highest BCUT2D eigenvalue weighted by Gasteiger charge is 2.17. The number of rotatable bonds is 8. The summed E-state index contributed by atoms with van der Waals surface area (Å²) >= 11 is 0. The quantitative estimate of drug-likeness (QED) is 0.377. The number of benzene rings is 1. The SMILES string of the molecule is CCNC(=NCc1cccc(NC(=O)N2CCCC2)c1)NCCCOC. The van der Waals surface area contributed by atoms with Gasteiger partial charge in [-0.25, -0.2) is 9.79 Å². The van der Waals surface area contributed by atoms with E-state index in [-0.39, 0.29) is 6.03 Å². The Hall–Kier alpha value is -2.28. The van der Waals surface area contributed by atoms with E-state index >= 15 is 0 Å². The Morgan fingerprint density at radius 3 is 2.81 bits per heavy atom. The fraction of sp³-hybridized carbons (Fsp3) is 0.579. The smallest absolute Gasteiger partial charge is 0.321 e. The monoisotopic (exact) mass is 361 g/mol. The van der Waals surface area contributed by atoms with E-state index in [2.05, 4.69) is 20.9 Å². The molecular weight excluding hydrogens is 330 g/mol. The number of aliphatic imine (C=N–C) groups is 1. The molecule has 1 aliphatic heterocycles. The third-order valence-corrected chi connectivity index (χ3v) is 4.15. The van der Waals surface area contributed by atoms with Gasteiger partial charge in [-0.2, -0.15) is 0 Å². The molecule has 7 nitrogen and oxygen atoms in total. The van der Waals surface area contributed by atoms with Crippen molar-refractivity contribution in [2.45, 2.75) is 32.7 Å². The summed E-state index contributed by atoms with van der Waals surface area (Å²) < 4.78 is 5.06. The van der Waals surface area contributed by atoms with Gasteiger partial charge in [0.15, 0.2) is 5.96 Å². The topological polar surface area (TPSA) is 78.0 Å². The van der Waals surface area contributed by atoms with Crippen LogP contribution >= 0.6 is 0 Å². The molecule has 0 aromatic heterocycles. The maximum Gasteiger partial charge on any atom is 0.321 e. The van der Waals surface area contributed by atoms with Crippen LogP contribution in [0.3, 0.4) is 0 Å². The standard InChI is InChI=1S/C19H31N5O2/c1-3-20-18(21-10-7-13-26-2)22-15-16-8-6-9-17(14-16)23-19(25)24-11-4-5-12-24/h6,8-9,14H,3-5,7,10-13,15H2,1-2H3,(H,23,25)(H2,20,21,22). The Kier molecular flexibility index (Phi) is 8.75. The minimum Gasteiger partial charge on any atom is -0.385 e. The third kappa shape index (κ3) is 6.92. The van der Waals surface area contributed by atoms with Gasteiger partial charge in [-0.15, -0.1) is 0 Å². The molecule has 3 N–H and O–H groups in total. The highest BCUT2D eigenvalue weighted by atomic mass is 16.5. The molecule has 7 heteroatoms. The first-order valence-electron chi connectivity index (χ1n) is 9.39. The molecule has 2 rings (SSSR count). The predicted octanol–water partition coefficient (Wildman–Crippen LogP) is 2.41. The number of urea groups is 1. The minimum atomic E-state index is -0.0173. The molecule has 0 bridgehead atoms. The van der Waals surface area contributed by atoms with Crippen molar-refractivity contribution in [3.8, 4) is 0 Å². The van der Waals surface area contributed by atoms with Crippen LogP contribution in [0.25, 0.3) is 0 Å². The maximum atomic E-state index is 12.2. The summed E-state index contributed by atoms with van der Waals surface area (Å²) in [6.45, 7) is 6.62. The summed E-state index contributed by atoms with van der Waals surface area (Å²) in [5.41, 5.74) is 1.87. The highest BCUT2D eigenvalue weighted by Crippen LogP contribution is 2.14. The number of nitrogens with one attached hydrogen (secondary N) is 3. The van der Waals surface area contributed by atoms with Gasteiger partial charge in [0.25, 0.3) is 0 Å². The van der Waals surface area contributed by atoms with Gasteiger partial charge in [0.05, 0.1) is 6.54 Å². The molecule has 26 heavy (non-hydrogen) atoms. The number of carbonyl (C=O) groups is 1. The van der Waals surface area contributed by atoms with Crippen molar-refractivity contribution in [1.82, 2.24) is 15.5 Å². The van der Waals surface area contributed by atoms with E-state index in [0.717, 1.165) is 69.3 Å². The number of nitrogens with zero attached hydrogens (tertiary/aromatic N) is 2. The molecule has 0 aliphatic carbocycles. The first-order chi connectivity index (χ1) is 12.7. The number of carbonyl (C=O) groups excluding carboxylic acids is 1. The largest absolute Gasteiger partial charge is 0.385 e. The van der Waals surface area contributed by atoms with Gasteiger partial charge in [-0.05, 0) is 43.9 Å². The Balaban J connectivity index is 1.89. The van der Waals surface area contributed by atoms with E-state index in [0.29, 0.717) is 6.54 Å². The Morgan fingerprint density at radius 1 is 1.27 bits per heavy atom. The van der Waals surface area contributed by atoms with Crippen LogP contribution in [-0.4, -0.2) is 56.8 Å². The first-order valence-corrected chi connectivity index (χ1v) is 9.39. The lowest BCUT2D eigenvalue weighted by molar-refractivity contribution is 0.195. The Morgan fingerprint density at radius 2 is 2.08 bits per heavy atom. The summed E-state index contributed by atoms with van der Waals surface area (Å²) in [7, 11) is 1.70. The number of hydrogen-bond donors (Lipinski definition) is 3. The van der Waals surface area contributed by atoms with E-state index < -0.39 is 0 Å². The number of hydrogen-bond acceptors (Lipinski definition) is 3. The zero-order valence-corrected chi connectivity index (χ0v) is 15.9. The second kappa shape index (κ2) is 11.4. The molecule has 1 aromatic rings. The normalized spacial score (nSPS) is 14.4. The van der Waals surface area contributed by atoms with E-state index in [1.807, 2.05) is 36.1 Å². The Labute approximate surface area is 156 Å². The number of ether oxygens (including phenoxy) is 1. The van der Waals surface area contributed by atoms with Crippen LogP contribution in [0.1, 0.15) is 31.7 Å². The van der Waals surface area contributed by atoms with Crippen molar-refractivity contribution in [3.63, 3.8) is 0 Å². The number of likely N-dealkylation sites (tertiary alicyclic amines) is 1. The molecule has 1 aromatic carbocycles. The van der Waals surface area contributed by atoms with E-state index in [1.54, 1.807) is 7.11 Å². The number of guanidine groups is 1. The highest BCUT2D eigenvalue weighted by molar-refractivity contribution is 5.89. The van der Waals surface area contributed by atoms with Gasteiger partial charge in [0.2, 0.25) is 0 Å². The summed E-state index contributed by atoms with van der Waals surface area (Å²) in [5.74, 6) is 0.787. The molecule has 0 spiro atoms. The Bertz CT molecular complexity index is 585. The predicted molar refractivity (Wildman–Crippen MR) is 106 cm³/mol. The summed E-state index contributed by atoms with van der Waals surface area (Å²) in [5, 5.41) is 9.51. The molecule has 1 fully saturated rings. The molecule has 1 heterocycles. The average molecular weight is 361 g/mol. The van der Waals surface area contributed by atoms with Crippen LogP contribution in [0.2, 0.25) is 0 Å². The molecule has 0 saturated carbocycles. The second-order valence-corrected chi connectivity index (χ2v) is 6.29. The molecule has 2 amide bonds. The fourth-order valence-electron chi connectivity index (χ4n) is 2.81. The van der Waals surface area contributed by atoms with Crippen molar-refractivity contribution < 1.29 is 9.53 Å². The zero-order valence-electron chi connectivity index (χ0n) is 15.9. The lowest BCUT2D eigenvalue weighted by Crippen LogP contribution is -2.38. The van der Waals surface area contributed by atoms with Gasteiger partial charge in [0.1, 0.15) is 0 Å². The molecule has 0 atom stereocenters. The maximum absolute atomic E-state index is 12.2. The summed E-state index contributed by atoms with van der Waals surface area (Å²) in [6.07, 6.45) is 3.11. The molecule has 0 unspecified atom stereocenters. The summed E-state index contributed by atoms with van der Waals surface area (Å²) in [6, 6.07) is 7.84. The van der Waals surface area contributed by atoms with Crippen molar-refractivity contribution in [3.05, 3.63) is 29.8 Å². The van der Waals surface area contributed by atoms with E-state index in [9.17, 15) is 4.79 Å². The van der Waals surface area contributed by atoms with Crippen LogP contribution in [0, 0.1) is 0 Å². The van der Waals surface area contributed by atoms with Crippen molar-refractivity contribution >= 4 is 17.7 Å². The van der Waals surface area contributed by atoms with Crippen LogP contribution in [0.5, 0.6) is 0 Å². The van der Waals surface area contributed by atoms with Crippen LogP contribution in [0.15, 0.2) is 29.3 Å². The molecular formula is C19H31N5O2. The zero-order chi connectivity index (χ0) is 18.6. The first kappa shape index (κ1) is 20.0.